The minimum absolute atomic E-state index is 0.137. The number of benzene rings is 1. The van der Waals surface area contributed by atoms with Gasteiger partial charge in [0.15, 0.2) is 0 Å². The van der Waals surface area contributed by atoms with Crippen molar-refractivity contribution in [1.29, 1.82) is 0 Å². The Balaban J connectivity index is 1.99. The first-order chi connectivity index (χ1) is 16.0. The molecule has 0 radical (unpaired) electrons. The lowest BCUT2D eigenvalue weighted by Gasteiger charge is -2.18. The fourth-order valence-electron chi connectivity index (χ4n) is 3.26. The van der Waals surface area contributed by atoms with E-state index in [1.165, 1.54) is 32.1 Å². The molecular formula is C24H43O8P. The molecular weight excluding hydrogens is 447 g/mol. The molecule has 0 aliphatic carbocycles. The van der Waals surface area contributed by atoms with E-state index in [0.717, 1.165) is 25.0 Å². The molecule has 0 fully saturated rings. The van der Waals surface area contributed by atoms with Gasteiger partial charge in [-0.1, -0.05) is 76.5 Å². The Kier molecular flexibility index (Phi) is 18.6. The molecule has 0 saturated heterocycles. The monoisotopic (exact) mass is 490 g/mol. The second kappa shape index (κ2) is 20.4. The summed E-state index contributed by atoms with van der Waals surface area (Å²) in [7, 11) is -4.53. The van der Waals surface area contributed by atoms with E-state index in [1.54, 1.807) is 0 Å². The highest BCUT2D eigenvalue weighted by Gasteiger charge is 2.22. The third kappa shape index (κ3) is 20.1. The van der Waals surface area contributed by atoms with Crippen molar-refractivity contribution in [2.45, 2.75) is 70.8 Å². The van der Waals surface area contributed by atoms with E-state index in [0.29, 0.717) is 46.1 Å². The molecule has 0 spiro atoms. The van der Waals surface area contributed by atoms with Gasteiger partial charge in [-0.05, 0) is 18.6 Å². The molecule has 1 unspecified atom stereocenters. The highest BCUT2D eigenvalue weighted by atomic mass is 31.2. The van der Waals surface area contributed by atoms with Crippen molar-refractivity contribution in [3.63, 3.8) is 0 Å². The van der Waals surface area contributed by atoms with Crippen LogP contribution in [-0.2, 0) is 23.3 Å². The van der Waals surface area contributed by atoms with Crippen molar-refractivity contribution in [1.82, 2.24) is 0 Å². The number of ether oxygens (including phenoxy) is 4. The Bertz CT molecular complexity index is 595. The molecule has 0 aliphatic heterocycles. The highest BCUT2D eigenvalue weighted by Crippen LogP contribution is 2.38. The van der Waals surface area contributed by atoms with E-state index in [-0.39, 0.29) is 6.61 Å². The van der Waals surface area contributed by atoms with Gasteiger partial charge in [-0.2, -0.15) is 0 Å². The van der Waals surface area contributed by atoms with Crippen molar-refractivity contribution in [3.05, 3.63) is 30.3 Å². The minimum Gasteiger partial charge on any atom is -0.491 e. The molecule has 9 heteroatoms. The smallest absolute Gasteiger partial charge is 0.469 e. The summed E-state index contributed by atoms with van der Waals surface area (Å²) in [5, 5.41) is 0. The lowest BCUT2D eigenvalue weighted by atomic mass is 10.1. The Labute approximate surface area is 199 Å². The van der Waals surface area contributed by atoms with Crippen LogP contribution in [0.5, 0.6) is 5.75 Å². The number of hydrogen-bond acceptors (Lipinski definition) is 6. The molecule has 192 valence electrons. The van der Waals surface area contributed by atoms with Crippen LogP contribution in [0.15, 0.2) is 30.3 Å². The van der Waals surface area contributed by atoms with Crippen LogP contribution < -0.4 is 4.74 Å². The maximum atomic E-state index is 11.2. The van der Waals surface area contributed by atoms with Crippen molar-refractivity contribution < 1.29 is 37.8 Å². The summed E-state index contributed by atoms with van der Waals surface area (Å²) in [6.07, 6.45) is 9.27. The van der Waals surface area contributed by atoms with Gasteiger partial charge in [0, 0.05) is 0 Å². The Morgan fingerprint density at radius 3 is 1.91 bits per heavy atom. The maximum Gasteiger partial charge on any atom is 0.469 e. The van der Waals surface area contributed by atoms with E-state index in [9.17, 15) is 4.57 Å². The van der Waals surface area contributed by atoms with Crippen LogP contribution in [0.25, 0.3) is 0 Å². The fourth-order valence-corrected chi connectivity index (χ4v) is 3.81. The fraction of sp³-hybridized carbons (Fsp3) is 0.750. The Morgan fingerprint density at radius 1 is 0.758 bits per heavy atom. The molecule has 0 aromatic heterocycles. The molecule has 1 aromatic rings. The second-order valence-corrected chi connectivity index (χ2v) is 9.13. The average molecular weight is 491 g/mol. The largest absolute Gasteiger partial charge is 0.491 e. The molecule has 33 heavy (non-hydrogen) atoms. The molecule has 1 atom stereocenters. The Hall–Kier alpha value is -0.990. The first-order valence-electron chi connectivity index (χ1n) is 12.2. The normalized spacial score (nSPS) is 12.7. The minimum atomic E-state index is -4.53. The van der Waals surface area contributed by atoms with Gasteiger partial charge >= 0.3 is 7.82 Å². The first-order valence-corrected chi connectivity index (χ1v) is 13.7. The summed E-state index contributed by atoms with van der Waals surface area (Å²) in [6.45, 7) is 4.91. The molecule has 0 saturated carbocycles. The standard InChI is InChI=1S/C24H43O8P/c1-2-3-4-5-6-7-8-10-15-24(32-33(25,26)27)22-30-19-18-28-16-17-29-20-21-31-23-13-11-9-12-14-23/h9,11-14,24H,2-8,10,15-22H2,1H3,(H2,25,26,27). The number of unbranched alkanes of at least 4 members (excludes halogenated alkanes) is 7. The van der Waals surface area contributed by atoms with Crippen LogP contribution in [0, 0.1) is 0 Å². The van der Waals surface area contributed by atoms with Gasteiger partial charge in [-0.25, -0.2) is 4.57 Å². The maximum absolute atomic E-state index is 11.2. The summed E-state index contributed by atoms with van der Waals surface area (Å²) in [4.78, 5) is 18.2. The molecule has 0 aliphatic rings. The topological polar surface area (TPSA) is 104 Å². The van der Waals surface area contributed by atoms with Gasteiger partial charge in [0.25, 0.3) is 0 Å². The van der Waals surface area contributed by atoms with E-state index in [2.05, 4.69) is 6.92 Å². The molecule has 2 N–H and O–H groups in total. The van der Waals surface area contributed by atoms with Crippen LogP contribution in [-0.4, -0.2) is 62.1 Å². The van der Waals surface area contributed by atoms with Crippen LogP contribution in [0.4, 0.5) is 0 Å². The third-order valence-corrected chi connectivity index (χ3v) is 5.53. The van der Waals surface area contributed by atoms with Crippen molar-refractivity contribution >= 4 is 7.82 Å². The van der Waals surface area contributed by atoms with Gasteiger partial charge in [0.05, 0.1) is 45.7 Å². The zero-order chi connectivity index (χ0) is 24.0. The average Bonchev–Trinajstić information content (AvgIpc) is 2.78. The predicted octanol–water partition coefficient (Wildman–Crippen LogP) is 5.12. The first kappa shape index (κ1) is 30.0. The molecule has 0 heterocycles. The molecule has 1 aromatic carbocycles. The third-order valence-electron chi connectivity index (χ3n) is 4.95. The zero-order valence-electron chi connectivity index (χ0n) is 20.1. The second-order valence-electron chi connectivity index (χ2n) is 7.94. The molecule has 8 nitrogen and oxygen atoms in total. The lowest BCUT2D eigenvalue weighted by molar-refractivity contribution is -0.0136. The van der Waals surface area contributed by atoms with Gasteiger partial charge in [-0.3, -0.25) is 4.52 Å². The van der Waals surface area contributed by atoms with Crippen molar-refractivity contribution in [2.24, 2.45) is 0 Å². The predicted molar refractivity (Wildman–Crippen MR) is 129 cm³/mol. The van der Waals surface area contributed by atoms with Gasteiger partial charge in [-0.15, -0.1) is 0 Å². The van der Waals surface area contributed by atoms with Crippen molar-refractivity contribution in [3.8, 4) is 5.75 Å². The quantitative estimate of drug-likeness (QED) is 0.161. The van der Waals surface area contributed by atoms with E-state index < -0.39 is 13.9 Å². The van der Waals surface area contributed by atoms with E-state index in [1.807, 2.05) is 30.3 Å². The van der Waals surface area contributed by atoms with Crippen LogP contribution in [0.1, 0.15) is 64.7 Å². The summed E-state index contributed by atoms with van der Waals surface area (Å²) in [5.41, 5.74) is 0. The van der Waals surface area contributed by atoms with Crippen LogP contribution >= 0.6 is 7.82 Å². The lowest BCUT2D eigenvalue weighted by Crippen LogP contribution is -2.21. The summed E-state index contributed by atoms with van der Waals surface area (Å²) in [5.74, 6) is 0.818. The number of para-hydroxylation sites is 1. The molecule has 1 rings (SSSR count). The van der Waals surface area contributed by atoms with Crippen molar-refractivity contribution in [2.75, 3.05) is 46.2 Å². The van der Waals surface area contributed by atoms with Gasteiger partial charge < -0.3 is 28.7 Å². The van der Waals surface area contributed by atoms with Gasteiger partial charge in [0.2, 0.25) is 0 Å². The van der Waals surface area contributed by atoms with E-state index in [4.69, 9.17) is 33.3 Å². The zero-order valence-corrected chi connectivity index (χ0v) is 21.0. The summed E-state index contributed by atoms with van der Waals surface area (Å²) in [6, 6.07) is 9.57. The number of rotatable bonds is 23. The van der Waals surface area contributed by atoms with Crippen LogP contribution in [0.2, 0.25) is 0 Å². The van der Waals surface area contributed by atoms with Crippen LogP contribution in [0.3, 0.4) is 0 Å². The number of phosphoric ester groups is 1. The highest BCUT2D eigenvalue weighted by molar-refractivity contribution is 7.46. The number of phosphoric acid groups is 1. The SMILES string of the molecule is CCCCCCCCCCC(COCCOCCOCCOc1ccccc1)OP(=O)(O)O. The summed E-state index contributed by atoms with van der Waals surface area (Å²) >= 11 is 0. The Morgan fingerprint density at radius 2 is 1.30 bits per heavy atom. The summed E-state index contributed by atoms with van der Waals surface area (Å²) < 4.78 is 38.0. The molecule has 0 amide bonds. The van der Waals surface area contributed by atoms with E-state index >= 15 is 0 Å². The molecule has 0 bridgehead atoms. The van der Waals surface area contributed by atoms with Gasteiger partial charge in [0.1, 0.15) is 12.4 Å². The number of hydrogen-bond donors (Lipinski definition) is 2.